The molecule has 2 heterocycles. The van der Waals surface area contributed by atoms with Crippen molar-refractivity contribution in [3.63, 3.8) is 0 Å². The van der Waals surface area contributed by atoms with Crippen molar-refractivity contribution in [3.8, 4) is 0 Å². The second-order valence-electron chi connectivity index (χ2n) is 3.57. The largest absolute Gasteiger partial charge is 0.368 e. The van der Waals surface area contributed by atoms with E-state index >= 15 is 0 Å². The molecule has 0 radical (unpaired) electrons. The summed E-state index contributed by atoms with van der Waals surface area (Å²) in [5.74, 6) is 0.542. The van der Waals surface area contributed by atoms with Gasteiger partial charge in [0.1, 0.15) is 16.5 Å². The zero-order valence-electron chi connectivity index (χ0n) is 8.19. The molecular formula is C10H12BrN3O. The molecule has 1 fully saturated rings. The van der Waals surface area contributed by atoms with Crippen molar-refractivity contribution in [3.05, 3.63) is 22.8 Å². The van der Waals surface area contributed by atoms with Gasteiger partial charge in [0.05, 0.1) is 0 Å². The molecule has 2 N–H and O–H groups in total. The number of hydrogen-bond donors (Lipinski definition) is 1. The standard InChI is InChI=1S/C10H12BrN3O/c11-8-4-1-5-9(13-8)14-6-2-3-7(14)10(12)15/h1,4-5,7H,2-3,6H2,(H2,12,15). The van der Waals surface area contributed by atoms with Crippen LogP contribution < -0.4 is 10.6 Å². The van der Waals surface area contributed by atoms with Crippen LogP contribution in [0.25, 0.3) is 0 Å². The third kappa shape index (κ3) is 2.12. The third-order valence-electron chi connectivity index (χ3n) is 2.58. The van der Waals surface area contributed by atoms with E-state index in [2.05, 4.69) is 20.9 Å². The Balaban J connectivity index is 2.26. The lowest BCUT2D eigenvalue weighted by atomic mass is 10.2. The smallest absolute Gasteiger partial charge is 0.240 e. The Bertz CT molecular complexity index is 383. The Morgan fingerprint density at radius 1 is 1.60 bits per heavy atom. The number of carbonyl (C=O) groups is 1. The lowest BCUT2D eigenvalue weighted by molar-refractivity contribution is -0.119. The molecule has 80 valence electrons. The summed E-state index contributed by atoms with van der Waals surface area (Å²) >= 11 is 3.31. The van der Waals surface area contributed by atoms with Crippen molar-refractivity contribution < 1.29 is 4.79 Å². The molecule has 0 spiro atoms. The number of aromatic nitrogens is 1. The predicted molar refractivity (Wildman–Crippen MR) is 61.5 cm³/mol. The Kier molecular flexibility index (Phi) is 2.90. The summed E-state index contributed by atoms with van der Waals surface area (Å²) in [4.78, 5) is 17.5. The number of primary amides is 1. The number of amides is 1. The van der Waals surface area contributed by atoms with Crippen LogP contribution in [0.1, 0.15) is 12.8 Å². The highest BCUT2D eigenvalue weighted by Crippen LogP contribution is 2.24. The minimum absolute atomic E-state index is 0.202. The average Bonchev–Trinajstić information content (AvgIpc) is 2.65. The van der Waals surface area contributed by atoms with E-state index in [0.29, 0.717) is 0 Å². The molecular weight excluding hydrogens is 258 g/mol. The molecule has 1 aromatic rings. The number of carbonyl (C=O) groups excluding carboxylic acids is 1. The summed E-state index contributed by atoms with van der Waals surface area (Å²) in [6, 6.07) is 5.46. The Labute approximate surface area is 96.6 Å². The molecule has 1 unspecified atom stereocenters. The van der Waals surface area contributed by atoms with E-state index in [1.165, 1.54) is 0 Å². The first-order valence-corrected chi connectivity index (χ1v) is 5.66. The number of nitrogens with two attached hydrogens (primary N) is 1. The number of pyridine rings is 1. The quantitative estimate of drug-likeness (QED) is 0.824. The van der Waals surface area contributed by atoms with E-state index in [-0.39, 0.29) is 11.9 Å². The van der Waals surface area contributed by atoms with Gasteiger partial charge in [-0.3, -0.25) is 4.79 Å². The van der Waals surface area contributed by atoms with Crippen molar-refractivity contribution in [1.29, 1.82) is 0 Å². The van der Waals surface area contributed by atoms with Gasteiger partial charge in [-0.1, -0.05) is 6.07 Å². The van der Waals surface area contributed by atoms with Crippen LogP contribution in [0.4, 0.5) is 5.82 Å². The summed E-state index contributed by atoms with van der Waals surface area (Å²) in [5, 5.41) is 0. The average molecular weight is 270 g/mol. The van der Waals surface area contributed by atoms with E-state index in [4.69, 9.17) is 5.73 Å². The molecule has 0 saturated carbocycles. The Morgan fingerprint density at radius 3 is 3.07 bits per heavy atom. The van der Waals surface area contributed by atoms with Crippen molar-refractivity contribution in [2.75, 3.05) is 11.4 Å². The molecule has 1 saturated heterocycles. The first-order chi connectivity index (χ1) is 7.18. The van der Waals surface area contributed by atoms with Crippen LogP contribution >= 0.6 is 15.9 Å². The minimum Gasteiger partial charge on any atom is -0.368 e. The molecule has 15 heavy (non-hydrogen) atoms. The fourth-order valence-corrected chi connectivity index (χ4v) is 2.23. The van der Waals surface area contributed by atoms with E-state index < -0.39 is 0 Å². The van der Waals surface area contributed by atoms with E-state index in [1.807, 2.05) is 23.1 Å². The second-order valence-corrected chi connectivity index (χ2v) is 4.38. The number of rotatable bonds is 2. The molecule has 4 nitrogen and oxygen atoms in total. The van der Waals surface area contributed by atoms with Gasteiger partial charge in [-0.05, 0) is 40.9 Å². The summed E-state index contributed by atoms with van der Waals surface area (Å²) in [7, 11) is 0. The van der Waals surface area contributed by atoms with Gasteiger partial charge in [-0.2, -0.15) is 0 Å². The van der Waals surface area contributed by atoms with Gasteiger partial charge in [-0.25, -0.2) is 4.98 Å². The molecule has 0 aromatic carbocycles. The van der Waals surface area contributed by atoms with Crippen LogP contribution in [0.2, 0.25) is 0 Å². The summed E-state index contributed by atoms with van der Waals surface area (Å²) < 4.78 is 0.773. The normalized spacial score (nSPS) is 20.6. The van der Waals surface area contributed by atoms with Gasteiger partial charge in [0.2, 0.25) is 5.91 Å². The van der Waals surface area contributed by atoms with Crippen LogP contribution in [0.5, 0.6) is 0 Å². The Hall–Kier alpha value is -1.10. The lowest BCUT2D eigenvalue weighted by Crippen LogP contribution is -2.40. The fourth-order valence-electron chi connectivity index (χ4n) is 1.89. The van der Waals surface area contributed by atoms with Crippen LogP contribution in [-0.4, -0.2) is 23.5 Å². The number of halogens is 1. The summed E-state index contributed by atoms with van der Waals surface area (Å²) in [5.41, 5.74) is 5.34. The number of anilines is 1. The van der Waals surface area contributed by atoms with Crippen molar-refractivity contribution in [1.82, 2.24) is 4.98 Å². The second kappa shape index (κ2) is 4.18. The predicted octanol–water partition coefficient (Wildman–Crippen LogP) is 1.30. The summed E-state index contributed by atoms with van der Waals surface area (Å²) in [6.45, 7) is 0.844. The van der Waals surface area contributed by atoms with Gasteiger partial charge in [0, 0.05) is 6.54 Å². The molecule has 1 aliphatic rings. The maximum absolute atomic E-state index is 11.2. The highest BCUT2D eigenvalue weighted by atomic mass is 79.9. The molecule has 1 aromatic heterocycles. The third-order valence-corrected chi connectivity index (χ3v) is 3.02. The van der Waals surface area contributed by atoms with Crippen molar-refractivity contribution in [2.45, 2.75) is 18.9 Å². The van der Waals surface area contributed by atoms with Crippen molar-refractivity contribution in [2.24, 2.45) is 5.73 Å². The van der Waals surface area contributed by atoms with Crippen molar-refractivity contribution >= 4 is 27.7 Å². The molecule has 0 bridgehead atoms. The maximum atomic E-state index is 11.2. The van der Waals surface area contributed by atoms with E-state index in [0.717, 1.165) is 29.8 Å². The highest BCUT2D eigenvalue weighted by molar-refractivity contribution is 9.10. The van der Waals surface area contributed by atoms with Crippen LogP contribution in [-0.2, 0) is 4.79 Å². The summed E-state index contributed by atoms with van der Waals surface area (Å²) in [6.07, 6.45) is 1.81. The van der Waals surface area contributed by atoms with Gasteiger partial charge < -0.3 is 10.6 Å². The molecule has 1 aliphatic heterocycles. The zero-order valence-corrected chi connectivity index (χ0v) is 9.77. The molecule has 0 aliphatic carbocycles. The monoisotopic (exact) mass is 269 g/mol. The van der Waals surface area contributed by atoms with Gasteiger partial charge in [0.15, 0.2) is 0 Å². The molecule has 2 rings (SSSR count). The number of hydrogen-bond acceptors (Lipinski definition) is 3. The SMILES string of the molecule is NC(=O)C1CCCN1c1cccc(Br)n1. The maximum Gasteiger partial charge on any atom is 0.240 e. The highest BCUT2D eigenvalue weighted by Gasteiger charge is 2.29. The van der Waals surface area contributed by atoms with Gasteiger partial charge in [-0.15, -0.1) is 0 Å². The van der Waals surface area contributed by atoms with E-state index in [9.17, 15) is 4.79 Å². The van der Waals surface area contributed by atoms with Gasteiger partial charge >= 0.3 is 0 Å². The first-order valence-electron chi connectivity index (χ1n) is 4.87. The zero-order chi connectivity index (χ0) is 10.8. The van der Waals surface area contributed by atoms with Crippen LogP contribution in [0, 0.1) is 0 Å². The minimum atomic E-state index is -0.269. The Morgan fingerprint density at radius 2 is 2.40 bits per heavy atom. The molecule has 1 amide bonds. The lowest BCUT2D eigenvalue weighted by Gasteiger charge is -2.23. The topological polar surface area (TPSA) is 59.2 Å². The van der Waals surface area contributed by atoms with Gasteiger partial charge in [0.25, 0.3) is 0 Å². The fraction of sp³-hybridized carbons (Fsp3) is 0.400. The molecule has 5 heteroatoms. The molecule has 1 atom stereocenters. The number of nitrogens with zero attached hydrogens (tertiary/aromatic N) is 2. The van der Waals surface area contributed by atoms with Crippen LogP contribution in [0.15, 0.2) is 22.8 Å². The van der Waals surface area contributed by atoms with Crippen LogP contribution in [0.3, 0.4) is 0 Å². The van der Waals surface area contributed by atoms with E-state index in [1.54, 1.807) is 0 Å². The first kappa shape index (κ1) is 10.4.